The molecule has 21 heavy (non-hydrogen) atoms. The van der Waals surface area contributed by atoms with Gasteiger partial charge in [0.2, 0.25) is 5.91 Å². The lowest BCUT2D eigenvalue weighted by Crippen LogP contribution is -2.41. The van der Waals surface area contributed by atoms with E-state index in [1.54, 1.807) is 0 Å². The molecule has 0 spiro atoms. The van der Waals surface area contributed by atoms with Crippen molar-refractivity contribution < 1.29 is 4.79 Å². The van der Waals surface area contributed by atoms with Crippen LogP contribution >= 0.6 is 11.6 Å². The molecule has 0 saturated heterocycles. The number of aromatic amines is 1. The molecule has 1 amide bonds. The van der Waals surface area contributed by atoms with E-state index in [-0.39, 0.29) is 17.2 Å². The summed E-state index contributed by atoms with van der Waals surface area (Å²) in [6, 6.07) is 5.88. The fraction of sp³-hybridized carbons (Fsp3) is 0.471. The Bertz CT molecular complexity index is 670. The molecule has 1 heterocycles. The van der Waals surface area contributed by atoms with Crippen molar-refractivity contribution in [3.05, 3.63) is 35.0 Å². The molecule has 1 saturated carbocycles. The zero-order valence-corrected chi connectivity index (χ0v) is 13.3. The molecular weight excluding hydrogens is 284 g/mol. The van der Waals surface area contributed by atoms with Crippen molar-refractivity contribution in [1.82, 2.24) is 10.3 Å². The predicted octanol–water partition coefficient (Wildman–Crippen LogP) is 4.02. The molecule has 0 atom stereocenters. The smallest absolute Gasteiger partial charge is 0.223 e. The number of carbonyl (C=O) groups excluding carboxylic acids is 1. The molecule has 2 aromatic rings. The minimum absolute atomic E-state index is 0.120. The first-order valence-corrected chi connectivity index (χ1v) is 7.90. The lowest BCUT2D eigenvalue weighted by molar-refractivity contribution is -0.127. The largest absolute Gasteiger partial charge is 0.361 e. The third-order valence-electron chi connectivity index (χ3n) is 4.55. The molecule has 0 aliphatic heterocycles. The molecule has 0 radical (unpaired) electrons. The Morgan fingerprint density at radius 2 is 2.19 bits per heavy atom. The molecule has 2 N–H and O–H groups in total. The van der Waals surface area contributed by atoms with Crippen molar-refractivity contribution in [1.29, 1.82) is 0 Å². The molecule has 1 aromatic heterocycles. The summed E-state index contributed by atoms with van der Waals surface area (Å²) in [5, 5.41) is 5.01. The van der Waals surface area contributed by atoms with Gasteiger partial charge < -0.3 is 10.3 Å². The summed E-state index contributed by atoms with van der Waals surface area (Å²) in [4.78, 5) is 15.3. The van der Waals surface area contributed by atoms with E-state index >= 15 is 0 Å². The van der Waals surface area contributed by atoms with Gasteiger partial charge in [-0.1, -0.05) is 37.9 Å². The van der Waals surface area contributed by atoms with Gasteiger partial charge in [0, 0.05) is 40.0 Å². The maximum Gasteiger partial charge on any atom is 0.223 e. The van der Waals surface area contributed by atoms with E-state index in [0.29, 0.717) is 6.54 Å². The van der Waals surface area contributed by atoms with Gasteiger partial charge in [-0.2, -0.15) is 0 Å². The Kier molecular flexibility index (Phi) is 3.70. The predicted molar refractivity (Wildman–Crippen MR) is 86.7 cm³/mol. The first-order chi connectivity index (χ1) is 9.97. The van der Waals surface area contributed by atoms with Crippen LogP contribution in [0.1, 0.15) is 38.7 Å². The fourth-order valence-corrected chi connectivity index (χ4v) is 3.05. The number of amides is 1. The van der Waals surface area contributed by atoms with E-state index in [9.17, 15) is 4.79 Å². The highest BCUT2D eigenvalue weighted by molar-refractivity contribution is 6.31. The standard InChI is InChI=1S/C17H21ClN2O/c1-17(2,10-20-16(21)11-4-3-5-11)14-9-19-15-8-12(18)6-7-13(14)15/h6-9,11,19H,3-5,10H2,1-2H3,(H,20,21). The lowest BCUT2D eigenvalue weighted by atomic mass is 9.82. The van der Waals surface area contributed by atoms with Crippen LogP contribution in [0.25, 0.3) is 10.9 Å². The number of carbonyl (C=O) groups is 1. The van der Waals surface area contributed by atoms with Crippen LogP contribution in [-0.4, -0.2) is 17.4 Å². The van der Waals surface area contributed by atoms with Gasteiger partial charge >= 0.3 is 0 Å². The van der Waals surface area contributed by atoms with Crippen molar-refractivity contribution >= 4 is 28.4 Å². The number of H-pyrrole nitrogens is 1. The molecule has 3 rings (SSSR count). The maximum absolute atomic E-state index is 12.0. The number of nitrogens with one attached hydrogen (secondary N) is 2. The Labute approximate surface area is 130 Å². The molecule has 1 fully saturated rings. The van der Waals surface area contributed by atoms with Gasteiger partial charge in [0.15, 0.2) is 0 Å². The van der Waals surface area contributed by atoms with E-state index < -0.39 is 0 Å². The number of fused-ring (bicyclic) bond motifs is 1. The van der Waals surface area contributed by atoms with E-state index in [2.05, 4.69) is 24.1 Å². The Balaban J connectivity index is 1.77. The van der Waals surface area contributed by atoms with Gasteiger partial charge in [-0.15, -0.1) is 0 Å². The summed E-state index contributed by atoms with van der Waals surface area (Å²) in [6.45, 7) is 4.97. The van der Waals surface area contributed by atoms with Gasteiger partial charge in [-0.05, 0) is 30.5 Å². The van der Waals surface area contributed by atoms with Crippen LogP contribution < -0.4 is 5.32 Å². The molecule has 0 bridgehead atoms. The Morgan fingerprint density at radius 1 is 1.43 bits per heavy atom. The second kappa shape index (κ2) is 5.38. The highest BCUT2D eigenvalue weighted by Crippen LogP contribution is 2.32. The summed E-state index contributed by atoms with van der Waals surface area (Å²) in [5.74, 6) is 0.444. The van der Waals surface area contributed by atoms with Crippen LogP contribution in [0.5, 0.6) is 0 Å². The van der Waals surface area contributed by atoms with Crippen LogP contribution in [0.3, 0.4) is 0 Å². The first kappa shape index (κ1) is 14.5. The Hall–Kier alpha value is -1.48. The number of hydrogen-bond acceptors (Lipinski definition) is 1. The highest BCUT2D eigenvalue weighted by atomic mass is 35.5. The van der Waals surface area contributed by atoms with Gasteiger partial charge in [-0.3, -0.25) is 4.79 Å². The van der Waals surface area contributed by atoms with Crippen LogP contribution in [-0.2, 0) is 10.2 Å². The average Bonchev–Trinajstić information content (AvgIpc) is 2.78. The summed E-state index contributed by atoms with van der Waals surface area (Å²) in [5.41, 5.74) is 2.13. The van der Waals surface area contributed by atoms with Crippen molar-refractivity contribution in [2.75, 3.05) is 6.54 Å². The molecule has 1 aliphatic carbocycles. The van der Waals surface area contributed by atoms with E-state index in [1.165, 1.54) is 17.4 Å². The van der Waals surface area contributed by atoms with E-state index in [0.717, 1.165) is 23.4 Å². The molecule has 1 aromatic carbocycles. The SMILES string of the molecule is CC(C)(CNC(=O)C1CCC1)c1c[nH]c2cc(Cl)ccc12. The topological polar surface area (TPSA) is 44.9 Å². The maximum atomic E-state index is 12.0. The molecule has 4 heteroatoms. The van der Waals surface area contributed by atoms with E-state index in [4.69, 9.17) is 11.6 Å². The van der Waals surface area contributed by atoms with Crippen molar-refractivity contribution in [2.24, 2.45) is 5.92 Å². The second-order valence-corrected chi connectivity index (χ2v) is 7.06. The zero-order chi connectivity index (χ0) is 15.0. The molecule has 1 aliphatic rings. The molecule has 0 unspecified atom stereocenters. The van der Waals surface area contributed by atoms with Crippen LogP contribution in [0.2, 0.25) is 5.02 Å². The minimum atomic E-state index is -0.120. The van der Waals surface area contributed by atoms with Crippen molar-refractivity contribution in [3.8, 4) is 0 Å². The summed E-state index contributed by atoms with van der Waals surface area (Å²) in [7, 11) is 0. The number of aromatic nitrogens is 1. The third kappa shape index (κ3) is 2.80. The molecular formula is C17H21ClN2O. The van der Waals surface area contributed by atoms with Gasteiger partial charge in [-0.25, -0.2) is 0 Å². The van der Waals surface area contributed by atoms with Gasteiger partial charge in [0.05, 0.1) is 0 Å². The van der Waals surface area contributed by atoms with Crippen molar-refractivity contribution in [3.63, 3.8) is 0 Å². The van der Waals surface area contributed by atoms with Gasteiger partial charge in [0.1, 0.15) is 0 Å². The second-order valence-electron chi connectivity index (χ2n) is 6.62. The average molecular weight is 305 g/mol. The Morgan fingerprint density at radius 3 is 2.86 bits per heavy atom. The van der Waals surface area contributed by atoms with Gasteiger partial charge in [0.25, 0.3) is 0 Å². The van der Waals surface area contributed by atoms with E-state index in [1.807, 2.05) is 24.4 Å². The first-order valence-electron chi connectivity index (χ1n) is 7.52. The van der Waals surface area contributed by atoms with Crippen LogP contribution in [0.4, 0.5) is 0 Å². The fourth-order valence-electron chi connectivity index (χ4n) is 2.88. The van der Waals surface area contributed by atoms with Crippen LogP contribution in [0.15, 0.2) is 24.4 Å². The molecule has 112 valence electrons. The number of rotatable bonds is 4. The summed E-state index contributed by atoms with van der Waals surface area (Å²) < 4.78 is 0. The third-order valence-corrected chi connectivity index (χ3v) is 4.79. The van der Waals surface area contributed by atoms with Crippen LogP contribution in [0, 0.1) is 5.92 Å². The summed E-state index contributed by atoms with van der Waals surface area (Å²) >= 11 is 6.03. The normalized spacial score (nSPS) is 16.0. The lowest BCUT2D eigenvalue weighted by Gasteiger charge is -2.29. The van der Waals surface area contributed by atoms with Crippen molar-refractivity contribution in [2.45, 2.75) is 38.5 Å². The summed E-state index contributed by atoms with van der Waals surface area (Å²) in [6.07, 6.45) is 5.29. The quantitative estimate of drug-likeness (QED) is 0.880. The minimum Gasteiger partial charge on any atom is -0.361 e. The zero-order valence-electron chi connectivity index (χ0n) is 12.5. The number of benzene rings is 1. The monoisotopic (exact) mass is 304 g/mol. The number of hydrogen-bond donors (Lipinski definition) is 2. The highest BCUT2D eigenvalue weighted by Gasteiger charge is 2.29. The molecule has 3 nitrogen and oxygen atoms in total. The number of halogens is 1.